The Balaban J connectivity index is 1.98. The summed E-state index contributed by atoms with van der Waals surface area (Å²) in [5.74, 6) is -1.04. The Bertz CT molecular complexity index is 888. The van der Waals surface area contributed by atoms with Crippen molar-refractivity contribution in [2.75, 3.05) is 6.54 Å². The summed E-state index contributed by atoms with van der Waals surface area (Å²) in [5.41, 5.74) is 2.19. The molecule has 2 aromatic carbocycles. The predicted octanol–water partition coefficient (Wildman–Crippen LogP) is 2.99. The van der Waals surface area contributed by atoms with Gasteiger partial charge in [0, 0.05) is 24.7 Å². The first-order valence-electron chi connectivity index (χ1n) is 8.97. The van der Waals surface area contributed by atoms with Gasteiger partial charge in [0.05, 0.1) is 5.56 Å². The molecule has 2 amide bonds. The molecule has 0 spiro atoms. The number of carbonyl (C=O) groups excluding carboxylic acids is 3. The molecule has 0 fully saturated rings. The first kappa shape index (κ1) is 20.9. The first-order chi connectivity index (χ1) is 13.4. The van der Waals surface area contributed by atoms with Crippen molar-refractivity contribution in [3.8, 4) is 5.75 Å². The van der Waals surface area contributed by atoms with Crippen molar-refractivity contribution in [1.82, 2.24) is 10.6 Å². The Morgan fingerprint density at radius 3 is 2.21 bits per heavy atom. The van der Waals surface area contributed by atoms with Crippen molar-refractivity contribution >= 4 is 17.8 Å². The lowest BCUT2D eigenvalue weighted by Crippen LogP contribution is -2.30. The highest BCUT2D eigenvalue weighted by Crippen LogP contribution is 2.18. The van der Waals surface area contributed by atoms with Gasteiger partial charge in [-0.3, -0.25) is 14.4 Å². The molecular formula is C22H24N2O4. The molecule has 0 atom stereocenters. The Labute approximate surface area is 164 Å². The number of allylic oxidation sites excluding steroid dienone is 1. The van der Waals surface area contributed by atoms with Crippen LogP contribution in [-0.2, 0) is 16.0 Å². The third-order valence-electron chi connectivity index (χ3n) is 4.13. The van der Waals surface area contributed by atoms with Crippen molar-refractivity contribution in [3.05, 3.63) is 77.0 Å². The second-order valence-corrected chi connectivity index (χ2v) is 6.29. The zero-order chi connectivity index (χ0) is 20.5. The third kappa shape index (κ3) is 6.09. The largest absolute Gasteiger partial charge is 0.426 e. The minimum absolute atomic E-state index is 0.172. The Morgan fingerprint density at radius 2 is 1.54 bits per heavy atom. The summed E-state index contributed by atoms with van der Waals surface area (Å²) in [6.07, 6.45) is 0.723. The average molecular weight is 380 g/mol. The van der Waals surface area contributed by atoms with Crippen LogP contribution in [0.15, 0.2) is 65.9 Å². The molecule has 0 bridgehead atoms. The molecule has 6 nitrogen and oxygen atoms in total. The average Bonchev–Trinajstić information content (AvgIpc) is 2.68. The topological polar surface area (TPSA) is 84.5 Å². The zero-order valence-electron chi connectivity index (χ0n) is 16.2. The van der Waals surface area contributed by atoms with E-state index in [1.165, 1.54) is 6.92 Å². The van der Waals surface area contributed by atoms with Gasteiger partial charge in [-0.15, -0.1) is 0 Å². The maximum Gasteiger partial charge on any atom is 0.308 e. The van der Waals surface area contributed by atoms with Gasteiger partial charge in [-0.05, 0) is 38.0 Å². The first-order valence-corrected chi connectivity index (χ1v) is 8.97. The minimum Gasteiger partial charge on any atom is -0.426 e. The van der Waals surface area contributed by atoms with Crippen LogP contribution in [0.2, 0.25) is 0 Å². The highest BCUT2D eigenvalue weighted by molar-refractivity contribution is 6.00. The third-order valence-corrected chi connectivity index (χ3v) is 4.13. The smallest absolute Gasteiger partial charge is 0.308 e. The van der Waals surface area contributed by atoms with Crippen molar-refractivity contribution in [3.63, 3.8) is 0 Å². The van der Waals surface area contributed by atoms with Crippen molar-refractivity contribution < 1.29 is 19.1 Å². The molecule has 146 valence electrons. The molecule has 0 aliphatic rings. The Morgan fingerprint density at radius 1 is 0.893 bits per heavy atom. The number of benzene rings is 2. The number of amides is 2. The van der Waals surface area contributed by atoms with Crippen LogP contribution in [-0.4, -0.2) is 24.3 Å². The van der Waals surface area contributed by atoms with Gasteiger partial charge < -0.3 is 15.4 Å². The van der Waals surface area contributed by atoms with Gasteiger partial charge in [-0.2, -0.15) is 0 Å². The fourth-order valence-electron chi connectivity index (χ4n) is 2.50. The van der Waals surface area contributed by atoms with E-state index in [1.54, 1.807) is 38.1 Å². The SMILES string of the molecule is CC(=O)Oc1ccccc1C(=O)N/C(C)=C(\C)C(=O)NCCc1ccccc1. The fourth-order valence-corrected chi connectivity index (χ4v) is 2.50. The lowest BCUT2D eigenvalue weighted by Gasteiger charge is -2.12. The fraction of sp³-hybridized carbons (Fsp3) is 0.227. The molecular weight excluding hydrogens is 356 g/mol. The summed E-state index contributed by atoms with van der Waals surface area (Å²) in [4.78, 5) is 36.0. The van der Waals surface area contributed by atoms with Crippen molar-refractivity contribution in [2.24, 2.45) is 0 Å². The van der Waals surface area contributed by atoms with Gasteiger partial charge >= 0.3 is 5.97 Å². The van der Waals surface area contributed by atoms with Crippen LogP contribution < -0.4 is 15.4 Å². The molecule has 0 unspecified atom stereocenters. The van der Waals surface area contributed by atoms with Crippen LogP contribution >= 0.6 is 0 Å². The summed E-state index contributed by atoms with van der Waals surface area (Å²) in [6.45, 7) is 5.06. The van der Waals surface area contributed by atoms with Gasteiger partial charge in [-0.25, -0.2) is 0 Å². The number of hydrogen-bond donors (Lipinski definition) is 2. The minimum atomic E-state index is -0.513. The zero-order valence-corrected chi connectivity index (χ0v) is 16.2. The van der Waals surface area contributed by atoms with E-state index in [2.05, 4.69) is 10.6 Å². The molecule has 2 aromatic rings. The van der Waals surface area contributed by atoms with Crippen LogP contribution in [0.1, 0.15) is 36.7 Å². The van der Waals surface area contributed by atoms with Gasteiger partial charge in [0.25, 0.3) is 5.91 Å². The number of para-hydroxylation sites is 1. The number of nitrogens with one attached hydrogen (secondary N) is 2. The van der Waals surface area contributed by atoms with Crippen molar-refractivity contribution in [1.29, 1.82) is 0 Å². The monoisotopic (exact) mass is 380 g/mol. The molecule has 0 aliphatic heterocycles. The Kier molecular flexibility index (Phi) is 7.51. The molecule has 2 N–H and O–H groups in total. The molecule has 2 rings (SSSR count). The van der Waals surface area contributed by atoms with Gasteiger partial charge in [0.15, 0.2) is 0 Å². The Hall–Kier alpha value is -3.41. The number of rotatable bonds is 7. The highest BCUT2D eigenvalue weighted by Gasteiger charge is 2.16. The summed E-state index contributed by atoms with van der Waals surface area (Å²) >= 11 is 0. The molecule has 0 saturated carbocycles. The van der Waals surface area contributed by atoms with E-state index in [0.717, 1.165) is 12.0 Å². The molecule has 0 aromatic heterocycles. The van der Waals surface area contributed by atoms with E-state index in [-0.39, 0.29) is 17.2 Å². The second kappa shape index (κ2) is 10.1. The maximum atomic E-state index is 12.5. The lowest BCUT2D eigenvalue weighted by molar-refractivity contribution is -0.131. The summed E-state index contributed by atoms with van der Waals surface area (Å²) in [5, 5.41) is 5.53. The second-order valence-electron chi connectivity index (χ2n) is 6.29. The van der Waals surface area contributed by atoms with Crippen LogP contribution in [0.5, 0.6) is 5.75 Å². The van der Waals surface area contributed by atoms with Crippen LogP contribution in [0.25, 0.3) is 0 Å². The van der Waals surface area contributed by atoms with Gasteiger partial charge in [0.1, 0.15) is 5.75 Å². The van der Waals surface area contributed by atoms with Crippen LogP contribution in [0.4, 0.5) is 0 Å². The number of ether oxygens (including phenoxy) is 1. The van der Waals surface area contributed by atoms with E-state index in [0.29, 0.717) is 17.8 Å². The molecule has 0 aliphatic carbocycles. The molecule has 0 radical (unpaired) electrons. The lowest BCUT2D eigenvalue weighted by atomic mass is 10.1. The van der Waals surface area contributed by atoms with E-state index < -0.39 is 11.9 Å². The number of carbonyl (C=O) groups is 3. The normalized spacial score (nSPS) is 11.2. The molecule has 6 heteroatoms. The van der Waals surface area contributed by atoms with E-state index in [9.17, 15) is 14.4 Å². The standard InChI is InChI=1S/C22H24N2O4/c1-15(21(26)23-14-13-18-9-5-4-6-10-18)16(2)24-22(27)19-11-7-8-12-20(19)28-17(3)25/h4-12H,13-14H2,1-3H3,(H,23,26)(H,24,27)/b16-15+. The summed E-state index contributed by atoms with van der Waals surface area (Å²) < 4.78 is 5.06. The van der Waals surface area contributed by atoms with Gasteiger partial charge in [0.2, 0.25) is 5.91 Å². The molecule has 0 heterocycles. The molecule has 0 saturated heterocycles. The summed E-state index contributed by atoms with van der Waals surface area (Å²) in [6, 6.07) is 16.3. The van der Waals surface area contributed by atoms with E-state index >= 15 is 0 Å². The number of hydrogen-bond acceptors (Lipinski definition) is 4. The van der Waals surface area contributed by atoms with Crippen LogP contribution in [0, 0.1) is 0 Å². The number of esters is 1. The quantitative estimate of drug-likeness (QED) is 0.439. The van der Waals surface area contributed by atoms with Gasteiger partial charge in [-0.1, -0.05) is 42.5 Å². The summed E-state index contributed by atoms with van der Waals surface area (Å²) in [7, 11) is 0. The van der Waals surface area contributed by atoms with E-state index in [4.69, 9.17) is 4.74 Å². The van der Waals surface area contributed by atoms with Crippen molar-refractivity contribution in [2.45, 2.75) is 27.2 Å². The predicted molar refractivity (Wildman–Crippen MR) is 107 cm³/mol. The highest BCUT2D eigenvalue weighted by atomic mass is 16.5. The maximum absolute atomic E-state index is 12.5. The molecule has 28 heavy (non-hydrogen) atoms. The van der Waals surface area contributed by atoms with Crippen LogP contribution in [0.3, 0.4) is 0 Å². The van der Waals surface area contributed by atoms with E-state index in [1.807, 2.05) is 30.3 Å².